The lowest BCUT2D eigenvalue weighted by Crippen LogP contribution is -2.29. The summed E-state index contributed by atoms with van der Waals surface area (Å²) < 4.78 is 0. The van der Waals surface area contributed by atoms with Crippen LogP contribution in [0.2, 0.25) is 0 Å². The molecule has 1 aromatic heterocycles. The molecule has 1 unspecified atom stereocenters. The molecule has 1 atom stereocenters. The van der Waals surface area contributed by atoms with E-state index in [2.05, 4.69) is 36.4 Å². The average molecular weight is 241 g/mol. The summed E-state index contributed by atoms with van der Waals surface area (Å²) in [5, 5.41) is 8.01. The van der Waals surface area contributed by atoms with Crippen LogP contribution in [-0.2, 0) is 13.0 Å². The van der Waals surface area contributed by atoms with Crippen LogP contribution in [-0.4, -0.2) is 24.6 Å². The molecule has 0 aromatic carbocycles. The largest absolute Gasteiger partial charge is 0.317 e. The van der Waals surface area contributed by atoms with Gasteiger partial charge in [-0.3, -0.25) is 0 Å². The van der Waals surface area contributed by atoms with Crippen molar-refractivity contribution in [1.82, 2.24) is 15.6 Å². The Labute approximate surface area is 103 Å². The predicted molar refractivity (Wildman–Crippen MR) is 70.9 cm³/mol. The first kappa shape index (κ1) is 13.6. The van der Waals surface area contributed by atoms with Crippen LogP contribution in [0.3, 0.4) is 0 Å². The minimum absolute atomic E-state index is 0.672. The molecule has 0 aliphatic heterocycles. The van der Waals surface area contributed by atoms with Gasteiger partial charge in [-0.15, -0.1) is 11.3 Å². The first-order valence-corrected chi connectivity index (χ1v) is 6.92. The fraction of sp³-hybridized carbons (Fsp3) is 0.750. The molecular weight excluding hydrogens is 218 g/mol. The highest BCUT2D eigenvalue weighted by Crippen LogP contribution is 2.12. The lowest BCUT2D eigenvalue weighted by atomic mass is 10.2. The van der Waals surface area contributed by atoms with E-state index in [4.69, 9.17) is 0 Å². The van der Waals surface area contributed by atoms with Crippen molar-refractivity contribution in [3.05, 3.63) is 16.1 Å². The first-order chi connectivity index (χ1) is 7.76. The fourth-order valence-electron chi connectivity index (χ4n) is 1.48. The highest BCUT2D eigenvalue weighted by atomic mass is 32.1. The topological polar surface area (TPSA) is 37.0 Å². The smallest absolute Gasteiger partial charge is 0.107 e. The summed E-state index contributed by atoms with van der Waals surface area (Å²) in [5.74, 6) is 0.672. The van der Waals surface area contributed by atoms with Crippen LogP contribution in [0.4, 0.5) is 0 Å². The van der Waals surface area contributed by atoms with Crippen molar-refractivity contribution >= 4 is 11.3 Å². The molecule has 0 saturated carbocycles. The second-order valence-electron chi connectivity index (χ2n) is 4.12. The first-order valence-electron chi connectivity index (χ1n) is 6.11. The Morgan fingerprint density at radius 1 is 1.31 bits per heavy atom. The van der Waals surface area contributed by atoms with Gasteiger partial charge in [-0.05, 0) is 32.0 Å². The van der Waals surface area contributed by atoms with Crippen LogP contribution < -0.4 is 10.6 Å². The number of aromatic nitrogens is 1. The molecule has 0 spiro atoms. The summed E-state index contributed by atoms with van der Waals surface area (Å²) in [6.45, 7) is 10.7. The van der Waals surface area contributed by atoms with Crippen molar-refractivity contribution in [3.63, 3.8) is 0 Å². The van der Waals surface area contributed by atoms with Crippen LogP contribution in [0.25, 0.3) is 0 Å². The highest BCUT2D eigenvalue weighted by molar-refractivity contribution is 7.11. The van der Waals surface area contributed by atoms with E-state index >= 15 is 0 Å². The second-order valence-corrected chi connectivity index (χ2v) is 5.32. The lowest BCUT2D eigenvalue weighted by molar-refractivity contribution is 0.479. The van der Waals surface area contributed by atoms with Gasteiger partial charge in [0.05, 0.1) is 0 Å². The van der Waals surface area contributed by atoms with Gasteiger partial charge in [0.2, 0.25) is 0 Å². The molecule has 3 nitrogen and oxygen atoms in total. The summed E-state index contributed by atoms with van der Waals surface area (Å²) in [5.41, 5.74) is 0. The van der Waals surface area contributed by atoms with Crippen LogP contribution in [0.5, 0.6) is 0 Å². The molecule has 0 bridgehead atoms. The Balaban J connectivity index is 2.14. The molecule has 0 amide bonds. The molecule has 92 valence electrons. The summed E-state index contributed by atoms with van der Waals surface area (Å²) in [7, 11) is 0. The van der Waals surface area contributed by atoms with Crippen molar-refractivity contribution < 1.29 is 0 Å². The fourth-order valence-corrected chi connectivity index (χ4v) is 2.31. The van der Waals surface area contributed by atoms with E-state index in [0.717, 1.165) is 32.6 Å². The summed E-state index contributed by atoms with van der Waals surface area (Å²) in [6, 6.07) is 0. The Hall–Kier alpha value is -0.450. The van der Waals surface area contributed by atoms with E-state index in [0.29, 0.717) is 5.92 Å². The molecule has 1 aromatic rings. The van der Waals surface area contributed by atoms with Gasteiger partial charge in [0.15, 0.2) is 0 Å². The number of nitrogens with one attached hydrogen (secondary N) is 2. The monoisotopic (exact) mass is 241 g/mol. The average Bonchev–Trinajstić information content (AvgIpc) is 2.74. The molecule has 0 aliphatic carbocycles. The molecule has 0 saturated heterocycles. The van der Waals surface area contributed by atoms with E-state index in [-0.39, 0.29) is 0 Å². The molecule has 1 rings (SSSR count). The van der Waals surface area contributed by atoms with E-state index in [9.17, 15) is 0 Å². The number of thiazole rings is 1. The maximum absolute atomic E-state index is 4.39. The number of aryl methyl sites for hydroxylation is 1. The second kappa shape index (κ2) is 7.76. The van der Waals surface area contributed by atoms with Gasteiger partial charge >= 0.3 is 0 Å². The zero-order valence-corrected chi connectivity index (χ0v) is 11.4. The van der Waals surface area contributed by atoms with Crippen LogP contribution in [0, 0.1) is 5.92 Å². The summed E-state index contributed by atoms with van der Waals surface area (Å²) in [6.07, 6.45) is 3.08. The van der Waals surface area contributed by atoms with Crippen LogP contribution in [0.1, 0.15) is 30.7 Å². The Morgan fingerprint density at radius 2 is 2.06 bits per heavy atom. The van der Waals surface area contributed by atoms with Crippen molar-refractivity contribution in [2.24, 2.45) is 5.92 Å². The van der Waals surface area contributed by atoms with Crippen LogP contribution >= 0.6 is 11.3 Å². The van der Waals surface area contributed by atoms with Crippen molar-refractivity contribution in [2.75, 3.05) is 19.6 Å². The maximum atomic E-state index is 4.39. The van der Waals surface area contributed by atoms with Crippen molar-refractivity contribution in [1.29, 1.82) is 0 Å². The zero-order valence-electron chi connectivity index (χ0n) is 10.5. The minimum Gasteiger partial charge on any atom is -0.317 e. The maximum Gasteiger partial charge on any atom is 0.107 e. The Morgan fingerprint density at radius 3 is 2.69 bits per heavy atom. The summed E-state index contributed by atoms with van der Waals surface area (Å²) in [4.78, 5) is 5.76. The van der Waals surface area contributed by atoms with E-state index in [1.54, 1.807) is 0 Å². The zero-order chi connectivity index (χ0) is 11.8. The molecule has 4 heteroatoms. The molecular formula is C12H23N3S. The Bertz CT molecular complexity index is 286. The number of rotatable bonds is 8. The van der Waals surface area contributed by atoms with Crippen molar-refractivity contribution in [3.8, 4) is 0 Å². The van der Waals surface area contributed by atoms with Gasteiger partial charge in [0.25, 0.3) is 0 Å². The SMILES string of the molecule is CCNCC(C)CNCc1ncc(CC)s1. The third-order valence-electron chi connectivity index (χ3n) is 2.46. The van der Waals surface area contributed by atoms with Gasteiger partial charge < -0.3 is 10.6 Å². The van der Waals surface area contributed by atoms with Gasteiger partial charge in [-0.1, -0.05) is 20.8 Å². The minimum atomic E-state index is 0.672. The molecule has 16 heavy (non-hydrogen) atoms. The third kappa shape index (κ3) is 5.05. The number of hydrogen-bond acceptors (Lipinski definition) is 4. The quantitative estimate of drug-likeness (QED) is 0.731. The van der Waals surface area contributed by atoms with Crippen molar-refractivity contribution in [2.45, 2.75) is 33.7 Å². The molecule has 0 radical (unpaired) electrons. The number of hydrogen-bond donors (Lipinski definition) is 2. The third-order valence-corrected chi connectivity index (χ3v) is 3.60. The van der Waals surface area contributed by atoms with E-state index < -0.39 is 0 Å². The molecule has 1 heterocycles. The van der Waals surface area contributed by atoms with Crippen LogP contribution in [0.15, 0.2) is 6.20 Å². The highest BCUT2D eigenvalue weighted by Gasteiger charge is 2.03. The lowest BCUT2D eigenvalue weighted by Gasteiger charge is -2.11. The predicted octanol–water partition coefficient (Wildman–Crippen LogP) is 2.04. The van der Waals surface area contributed by atoms with E-state index in [1.165, 1.54) is 9.88 Å². The van der Waals surface area contributed by atoms with Gasteiger partial charge in [-0.25, -0.2) is 4.98 Å². The standard InChI is InChI=1S/C12H23N3S/c1-4-11-8-15-12(16-11)9-14-7-10(3)6-13-5-2/h8,10,13-14H,4-7,9H2,1-3H3. The van der Waals surface area contributed by atoms with Gasteiger partial charge in [0.1, 0.15) is 5.01 Å². The summed E-state index contributed by atoms with van der Waals surface area (Å²) >= 11 is 1.81. The molecule has 0 fully saturated rings. The normalized spacial score (nSPS) is 12.9. The van der Waals surface area contributed by atoms with Gasteiger partial charge in [-0.2, -0.15) is 0 Å². The van der Waals surface area contributed by atoms with Gasteiger partial charge in [0, 0.05) is 17.6 Å². The van der Waals surface area contributed by atoms with E-state index in [1.807, 2.05) is 17.5 Å². The molecule has 0 aliphatic rings. The number of nitrogens with zero attached hydrogens (tertiary/aromatic N) is 1. The Kier molecular flexibility index (Phi) is 6.61. The molecule has 2 N–H and O–H groups in total.